The summed E-state index contributed by atoms with van der Waals surface area (Å²) in [7, 11) is 0. The molecule has 1 N–H and O–H groups in total. The van der Waals surface area contributed by atoms with Gasteiger partial charge in [0.1, 0.15) is 5.82 Å². The van der Waals surface area contributed by atoms with Gasteiger partial charge in [0.25, 0.3) is 5.91 Å². The van der Waals surface area contributed by atoms with Gasteiger partial charge in [0.05, 0.1) is 12.5 Å². The Hall–Kier alpha value is -2.69. The predicted molar refractivity (Wildman–Crippen MR) is 86.7 cm³/mol. The van der Waals surface area contributed by atoms with E-state index in [0.29, 0.717) is 5.56 Å². The number of fused-ring (bicyclic) bond motifs is 1. The number of halogens is 1. The van der Waals surface area contributed by atoms with E-state index in [1.807, 2.05) is 18.2 Å². The average molecular weight is 327 g/mol. The Bertz CT molecular complexity index is 743. The number of rotatable bonds is 5. The Morgan fingerprint density at radius 1 is 1.12 bits per heavy atom. The van der Waals surface area contributed by atoms with E-state index in [1.54, 1.807) is 0 Å². The zero-order valence-electron chi connectivity index (χ0n) is 13.1. The first kappa shape index (κ1) is 16.2. The molecule has 0 radical (unpaired) electrons. The highest BCUT2D eigenvalue weighted by Gasteiger charge is 2.23. The fourth-order valence-corrected chi connectivity index (χ4v) is 2.91. The molecule has 0 heterocycles. The number of amides is 1. The fourth-order valence-electron chi connectivity index (χ4n) is 2.91. The summed E-state index contributed by atoms with van der Waals surface area (Å²) in [6.45, 7) is -0.307. The minimum absolute atomic E-state index is 0.0137. The molecule has 4 nitrogen and oxygen atoms in total. The van der Waals surface area contributed by atoms with Gasteiger partial charge in [0, 0.05) is 0 Å². The van der Waals surface area contributed by atoms with Gasteiger partial charge in [0.15, 0.2) is 6.61 Å². The molecule has 1 aliphatic rings. The van der Waals surface area contributed by atoms with Crippen molar-refractivity contribution in [1.82, 2.24) is 5.32 Å². The van der Waals surface area contributed by atoms with Crippen molar-refractivity contribution in [3.63, 3.8) is 0 Å². The molecule has 1 aliphatic carbocycles. The molecular weight excluding hydrogens is 309 g/mol. The molecule has 2 aromatic rings. The van der Waals surface area contributed by atoms with Crippen LogP contribution in [0.5, 0.6) is 0 Å². The minimum atomic E-state index is -0.511. The zero-order valence-corrected chi connectivity index (χ0v) is 13.1. The number of esters is 1. The van der Waals surface area contributed by atoms with Crippen LogP contribution < -0.4 is 5.32 Å². The number of aryl methyl sites for hydroxylation is 1. The van der Waals surface area contributed by atoms with Crippen molar-refractivity contribution in [3.05, 3.63) is 71.0 Å². The van der Waals surface area contributed by atoms with E-state index in [4.69, 9.17) is 4.74 Å². The largest absolute Gasteiger partial charge is 0.455 e. The summed E-state index contributed by atoms with van der Waals surface area (Å²) in [4.78, 5) is 23.7. The van der Waals surface area contributed by atoms with Crippen molar-refractivity contribution in [2.75, 3.05) is 6.61 Å². The smallest absolute Gasteiger partial charge is 0.310 e. The first-order valence-corrected chi connectivity index (χ1v) is 7.89. The van der Waals surface area contributed by atoms with Crippen LogP contribution in [0.4, 0.5) is 4.39 Å². The molecule has 2 aromatic carbocycles. The fraction of sp³-hybridized carbons (Fsp3) is 0.263. The molecule has 1 unspecified atom stereocenters. The topological polar surface area (TPSA) is 55.4 Å². The quantitative estimate of drug-likeness (QED) is 0.859. The third kappa shape index (κ3) is 3.98. The van der Waals surface area contributed by atoms with Gasteiger partial charge in [0.2, 0.25) is 0 Å². The maximum atomic E-state index is 12.8. The van der Waals surface area contributed by atoms with Gasteiger partial charge in [-0.05, 0) is 41.7 Å². The van der Waals surface area contributed by atoms with Gasteiger partial charge in [-0.3, -0.25) is 9.59 Å². The summed E-state index contributed by atoms with van der Waals surface area (Å²) in [5.74, 6) is -1.18. The van der Waals surface area contributed by atoms with Crippen molar-refractivity contribution in [2.45, 2.75) is 25.3 Å². The van der Waals surface area contributed by atoms with Crippen LogP contribution in [0.15, 0.2) is 48.5 Å². The van der Waals surface area contributed by atoms with E-state index in [1.165, 1.54) is 29.8 Å². The Morgan fingerprint density at radius 2 is 1.88 bits per heavy atom. The average Bonchev–Trinajstić information content (AvgIpc) is 2.98. The molecule has 0 bridgehead atoms. The van der Waals surface area contributed by atoms with Gasteiger partial charge in [-0.25, -0.2) is 4.39 Å². The molecule has 24 heavy (non-hydrogen) atoms. The number of nitrogens with one attached hydrogen (secondary N) is 1. The molecule has 1 amide bonds. The van der Waals surface area contributed by atoms with Crippen LogP contribution in [0.1, 0.15) is 29.2 Å². The third-order valence-corrected chi connectivity index (χ3v) is 4.09. The van der Waals surface area contributed by atoms with E-state index in [-0.39, 0.29) is 30.8 Å². The summed E-state index contributed by atoms with van der Waals surface area (Å²) < 4.78 is 17.8. The molecule has 0 aliphatic heterocycles. The number of hydrogen-bond acceptors (Lipinski definition) is 3. The van der Waals surface area contributed by atoms with Gasteiger partial charge in [-0.1, -0.05) is 36.4 Å². The normalized spacial score (nSPS) is 15.6. The molecule has 0 spiro atoms. The molecule has 124 valence electrons. The van der Waals surface area contributed by atoms with Crippen LogP contribution in [0.3, 0.4) is 0 Å². The van der Waals surface area contributed by atoms with E-state index in [0.717, 1.165) is 18.4 Å². The van der Waals surface area contributed by atoms with Crippen LogP contribution in [0, 0.1) is 5.82 Å². The van der Waals surface area contributed by atoms with Crippen LogP contribution >= 0.6 is 0 Å². The van der Waals surface area contributed by atoms with Crippen molar-refractivity contribution >= 4 is 11.9 Å². The van der Waals surface area contributed by atoms with Crippen molar-refractivity contribution in [3.8, 4) is 0 Å². The lowest BCUT2D eigenvalue weighted by Gasteiger charge is -2.14. The second-order valence-electron chi connectivity index (χ2n) is 5.82. The summed E-state index contributed by atoms with van der Waals surface area (Å²) >= 11 is 0. The lowest BCUT2D eigenvalue weighted by Crippen LogP contribution is -2.31. The van der Waals surface area contributed by atoms with Gasteiger partial charge < -0.3 is 10.1 Å². The van der Waals surface area contributed by atoms with E-state index in [9.17, 15) is 14.0 Å². The molecule has 5 heteroatoms. The molecular formula is C19H18FNO3. The molecule has 0 fully saturated rings. The van der Waals surface area contributed by atoms with Crippen LogP contribution in [0.25, 0.3) is 0 Å². The Balaban J connectivity index is 1.46. The Labute approximate surface area is 139 Å². The van der Waals surface area contributed by atoms with Crippen molar-refractivity contribution in [2.24, 2.45) is 0 Å². The van der Waals surface area contributed by atoms with E-state index in [2.05, 4.69) is 11.4 Å². The third-order valence-electron chi connectivity index (χ3n) is 4.09. The lowest BCUT2D eigenvalue weighted by atomic mass is 10.1. The standard InChI is InChI=1S/C19H18FNO3/c20-15-8-5-13(6-9-15)11-19(23)24-12-18(22)21-17-10-7-14-3-1-2-4-16(14)17/h1-6,8-9,17H,7,10-12H2,(H,21,22). The SMILES string of the molecule is O=C(COC(=O)Cc1ccc(F)cc1)NC1CCc2ccccc21. The number of benzene rings is 2. The molecule has 0 aromatic heterocycles. The van der Waals surface area contributed by atoms with Gasteiger partial charge in [-0.15, -0.1) is 0 Å². The van der Waals surface area contributed by atoms with Crippen LogP contribution in [0.2, 0.25) is 0 Å². The number of carbonyl (C=O) groups excluding carboxylic acids is 2. The first-order chi connectivity index (χ1) is 11.6. The summed E-state index contributed by atoms with van der Waals surface area (Å²) in [6.07, 6.45) is 1.81. The van der Waals surface area contributed by atoms with Crippen molar-refractivity contribution in [1.29, 1.82) is 0 Å². The number of hydrogen-bond donors (Lipinski definition) is 1. The zero-order chi connectivity index (χ0) is 16.9. The Morgan fingerprint density at radius 3 is 2.67 bits per heavy atom. The summed E-state index contributed by atoms with van der Waals surface area (Å²) in [5.41, 5.74) is 3.02. The first-order valence-electron chi connectivity index (χ1n) is 7.89. The second kappa shape index (κ2) is 7.25. The predicted octanol–water partition coefficient (Wildman–Crippen LogP) is 2.72. The molecule has 1 atom stereocenters. The molecule has 0 saturated heterocycles. The van der Waals surface area contributed by atoms with Gasteiger partial charge in [-0.2, -0.15) is 0 Å². The van der Waals surface area contributed by atoms with Gasteiger partial charge >= 0.3 is 5.97 Å². The Kier molecular flexibility index (Phi) is 4.89. The maximum Gasteiger partial charge on any atom is 0.310 e. The molecule has 3 rings (SSSR count). The summed E-state index contributed by atoms with van der Waals surface area (Å²) in [6, 6.07) is 13.6. The highest BCUT2D eigenvalue weighted by Crippen LogP contribution is 2.30. The monoisotopic (exact) mass is 327 g/mol. The number of ether oxygens (including phenoxy) is 1. The highest BCUT2D eigenvalue weighted by molar-refractivity contribution is 5.81. The van der Waals surface area contributed by atoms with Crippen LogP contribution in [-0.4, -0.2) is 18.5 Å². The van der Waals surface area contributed by atoms with E-state index >= 15 is 0 Å². The van der Waals surface area contributed by atoms with Crippen LogP contribution in [-0.2, 0) is 27.2 Å². The van der Waals surface area contributed by atoms with Crippen molar-refractivity contribution < 1.29 is 18.7 Å². The minimum Gasteiger partial charge on any atom is -0.455 e. The number of carbonyl (C=O) groups is 2. The summed E-state index contributed by atoms with van der Waals surface area (Å²) in [5, 5.41) is 2.90. The molecule has 0 saturated carbocycles. The maximum absolute atomic E-state index is 12.8. The lowest BCUT2D eigenvalue weighted by molar-refractivity contribution is -0.148. The van der Waals surface area contributed by atoms with E-state index < -0.39 is 5.97 Å². The highest BCUT2D eigenvalue weighted by atomic mass is 19.1. The second-order valence-corrected chi connectivity index (χ2v) is 5.82.